The monoisotopic (exact) mass is 417 g/mol. The molecule has 0 spiro atoms. The van der Waals surface area contributed by atoms with Crippen molar-refractivity contribution in [2.75, 3.05) is 5.32 Å². The van der Waals surface area contributed by atoms with Gasteiger partial charge in [0.2, 0.25) is 5.91 Å². The number of carbonyl (C=O) groups excluding carboxylic acids is 1. The highest BCUT2D eigenvalue weighted by Crippen LogP contribution is 2.39. The highest BCUT2D eigenvalue weighted by Gasteiger charge is 2.42. The van der Waals surface area contributed by atoms with E-state index in [1.54, 1.807) is 6.07 Å². The van der Waals surface area contributed by atoms with Crippen LogP contribution in [0, 0.1) is 17.8 Å². The Morgan fingerprint density at radius 2 is 1.95 bits per heavy atom. The SMILES string of the molecule is CCC1C[C@H](C(=O)Nc2ccc(Br)cc2Br)[C@H](C(=O)O)C1. The molecule has 114 valence electrons. The first kappa shape index (κ1) is 16.5. The third-order valence-electron chi connectivity index (χ3n) is 4.08. The van der Waals surface area contributed by atoms with Crippen molar-refractivity contribution in [2.45, 2.75) is 26.2 Å². The molecule has 1 aliphatic rings. The fraction of sp³-hybridized carbons (Fsp3) is 0.467. The number of carboxylic acid groups (broad SMARTS) is 1. The smallest absolute Gasteiger partial charge is 0.307 e. The average molecular weight is 419 g/mol. The fourth-order valence-electron chi connectivity index (χ4n) is 2.86. The number of nitrogens with one attached hydrogen (secondary N) is 1. The van der Waals surface area contributed by atoms with Crippen LogP contribution in [0.4, 0.5) is 5.69 Å². The van der Waals surface area contributed by atoms with Gasteiger partial charge in [-0.3, -0.25) is 9.59 Å². The molecule has 1 unspecified atom stereocenters. The van der Waals surface area contributed by atoms with Crippen LogP contribution in [0.5, 0.6) is 0 Å². The maximum absolute atomic E-state index is 12.4. The van der Waals surface area contributed by atoms with E-state index >= 15 is 0 Å². The number of hydrogen-bond donors (Lipinski definition) is 2. The van der Waals surface area contributed by atoms with E-state index in [2.05, 4.69) is 37.2 Å². The molecule has 1 saturated carbocycles. The summed E-state index contributed by atoms with van der Waals surface area (Å²) in [6, 6.07) is 5.46. The van der Waals surface area contributed by atoms with Crippen molar-refractivity contribution in [3.63, 3.8) is 0 Å². The predicted octanol–water partition coefficient (Wildman–Crippen LogP) is 4.29. The van der Waals surface area contributed by atoms with Crippen LogP contribution < -0.4 is 5.32 Å². The van der Waals surface area contributed by atoms with Gasteiger partial charge in [-0.15, -0.1) is 0 Å². The Hall–Kier alpha value is -0.880. The summed E-state index contributed by atoms with van der Waals surface area (Å²) in [7, 11) is 0. The number of carbonyl (C=O) groups is 2. The molecule has 2 N–H and O–H groups in total. The Bertz CT molecular complexity index is 562. The van der Waals surface area contributed by atoms with Gasteiger partial charge in [-0.05, 0) is 52.9 Å². The first-order valence-electron chi connectivity index (χ1n) is 6.91. The number of hydrogen-bond acceptors (Lipinski definition) is 2. The molecule has 0 aliphatic heterocycles. The molecule has 21 heavy (non-hydrogen) atoms. The van der Waals surface area contributed by atoms with Gasteiger partial charge in [0.1, 0.15) is 0 Å². The summed E-state index contributed by atoms with van der Waals surface area (Å²) in [5.41, 5.74) is 0.660. The van der Waals surface area contributed by atoms with Gasteiger partial charge in [0.15, 0.2) is 0 Å². The Kier molecular flexibility index (Phi) is 5.43. The standard InChI is InChI=1S/C15H17Br2NO3/c1-2-8-5-10(11(6-8)15(20)21)14(19)18-13-4-3-9(16)7-12(13)17/h3-4,7-8,10-11H,2,5-6H2,1H3,(H,18,19)(H,20,21)/t8?,10-,11+/m0/s1. The van der Waals surface area contributed by atoms with Gasteiger partial charge in [0, 0.05) is 8.95 Å². The molecule has 6 heteroatoms. The van der Waals surface area contributed by atoms with Crippen LogP contribution in [0.25, 0.3) is 0 Å². The molecule has 4 nitrogen and oxygen atoms in total. The first-order valence-corrected chi connectivity index (χ1v) is 8.49. The Labute approximate surface area is 140 Å². The normalized spacial score (nSPS) is 24.8. The lowest BCUT2D eigenvalue weighted by molar-refractivity contribution is -0.145. The molecule has 0 heterocycles. The minimum absolute atomic E-state index is 0.207. The Morgan fingerprint density at radius 3 is 2.52 bits per heavy atom. The number of carboxylic acids is 1. The summed E-state index contributed by atoms with van der Waals surface area (Å²) in [6.45, 7) is 2.04. The van der Waals surface area contributed by atoms with E-state index in [9.17, 15) is 14.7 Å². The minimum Gasteiger partial charge on any atom is -0.481 e. The highest BCUT2D eigenvalue weighted by atomic mass is 79.9. The van der Waals surface area contributed by atoms with E-state index in [4.69, 9.17) is 0 Å². The number of anilines is 1. The van der Waals surface area contributed by atoms with Crippen LogP contribution in [0.1, 0.15) is 26.2 Å². The second-order valence-corrected chi connectivity index (χ2v) is 7.18. The zero-order valence-electron chi connectivity index (χ0n) is 11.6. The molecule has 2 rings (SSSR count). The summed E-state index contributed by atoms with van der Waals surface area (Å²) in [5, 5.41) is 12.1. The van der Waals surface area contributed by atoms with Crippen molar-refractivity contribution in [1.29, 1.82) is 0 Å². The third kappa shape index (κ3) is 3.86. The zero-order chi connectivity index (χ0) is 15.6. The predicted molar refractivity (Wildman–Crippen MR) is 88.1 cm³/mol. The van der Waals surface area contributed by atoms with Gasteiger partial charge in [0.05, 0.1) is 17.5 Å². The quantitative estimate of drug-likeness (QED) is 0.766. The summed E-state index contributed by atoms with van der Waals surface area (Å²) < 4.78 is 1.67. The van der Waals surface area contributed by atoms with Gasteiger partial charge in [-0.25, -0.2) is 0 Å². The molecule has 1 aromatic carbocycles. The lowest BCUT2D eigenvalue weighted by Gasteiger charge is -2.16. The van der Waals surface area contributed by atoms with Gasteiger partial charge in [0.25, 0.3) is 0 Å². The van der Waals surface area contributed by atoms with Crippen molar-refractivity contribution < 1.29 is 14.7 Å². The van der Waals surface area contributed by atoms with Crippen molar-refractivity contribution in [2.24, 2.45) is 17.8 Å². The molecule has 0 saturated heterocycles. The van der Waals surface area contributed by atoms with E-state index in [0.717, 1.165) is 15.4 Å². The largest absolute Gasteiger partial charge is 0.481 e. The van der Waals surface area contributed by atoms with Gasteiger partial charge < -0.3 is 10.4 Å². The van der Waals surface area contributed by atoms with Crippen LogP contribution in [0.2, 0.25) is 0 Å². The van der Waals surface area contributed by atoms with Crippen LogP contribution in [-0.2, 0) is 9.59 Å². The summed E-state index contributed by atoms with van der Waals surface area (Å²) in [4.78, 5) is 23.8. The van der Waals surface area contributed by atoms with E-state index in [1.807, 2.05) is 19.1 Å². The van der Waals surface area contributed by atoms with Gasteiger partial charge in [-0.2, -0.15) is 0 Å². The summed E-state index contributed by atoms with van der Waals surface area (Å²) >= 11 is 6.75. The van der Waals surface area contributed by atoms with Crippen molar-refractivity contribution >= 4 is 49.4 Å². The maximum atomic E-state index is 12.4. The van der Waals surface area contributed by atoms with Crippen molar-refractivity contribution in [1.82, 2.24) is 0 Å². The van der Waals surface area contributed by atoms with E-state index in [-0.39, 0.29) is 5.91 Å². The fourth-order valence-corrected chi connectivity index (χ4v) is 4.00. The van der Waals surface area contributed by atoms with Crippen molar-refractivity contribution in [3.05, 3.63) is 27.1 Å². The Balaban J connectivity index is 2.13. The molecule has 0 bridgehead atoms. The van der Waals surface area contributed by atoms with E-state index in [1.165, 1.54) is 0 Å². The molecule has 0 aromatic heterocycles. The van der Waals surface area contributed by atoms with Crippen molar-refractivity contribution in [3.8, 4) is 0 Å². The molecule has 1 aliphatic carbocycles. The van der Waals surface area contributed by atoms with Gasteiger partial charge >= 0.3 is 5.97 Å². The lowest BCUT2D eigenvalue weighted by atomic mass is 9.95. The van der Waals surface area contributed by atoms with E-state index in [0.29, 0.717) is 24.4 Å². The zero-order valence-corrected chi connectivity index (χ0v) is 14.8. The molecular weight excluding hydrogens is 402 g/mol. The topological polar surface area (TPSA) is 66.4 Å². The first-order chi connectivity index (χ1) is 9.92. The van der Waals surface area contributed by atoms with E-state index < -0.39 is 17.8 Å². The summed E-state index contributed by atoms with van der Waals surface area (Å²) in [6.07, 6.45) is 2.15. The molecule has 3 atom stereocenters. The number of rotatable bonds is 4. The Morgan fingerprint density at radius 1 is 1.29 bits per heavy atom. The summed E-state index contributed by atoms with van der Waals surface area (Å²) in [5.74, 6) is -1.80. The molecule has 1 aromatic rings. The molecule has 1 amide bonds. The van der Waals surface area contributed by atoms with Crippen LogP contribution >= 0.6 is 31.9 Å². The number of amides is 1. The van der Waals surface area contributed by atoms with Crippen LogP contribution in [0.3, 0.4) is 0 Å². The van der Waals surface area contributed by atoms with Crippen LogP contribution in [0.15, 0.2) is 27.1 Å². The van der Waals surface area contributed by atoms with Gasteiger partial charge in [-0.1, -0.05) is 29.3 Å². The average Bonchev–Trinajstić information content (AvgIpc) is 2.86. The van der Waals surface area contributed by atoms with Crippen LogP contribution in [-0.4, -0.2) is 17.0 Å². The lowest BCUT2D eigenvalue weighted by Crippen LogP contribution is -2.30. The molecular formula is C15H17Br2NO3. The minimum atomic E-state index is -0.874. The maximum Gasteiger partial charge on any atom is 0.307 e. The molecule has 1 fully saturated rings. The second-order valence-electron chi connectivity index (χ2n) is 5.41. The third-order valence-corrected chi connectivity index (χ3v) is 5.23. The molecule has 0 radical (unpaired) electrons. The number of halogens is 2. The highest BCUT2D eigenvalue weighted by molar-refractivity contribution is 9.11. The number of aliphatic carboxylic acids is 1. The number of benzene rings is 1. The second kappa shape index (κ2) is 6.92.